The van der Waals surface area contributed by atoms with Gasteiger partial charge in [-0.2, -0.15) is 0 Å². The Morgan fingerprint density at radius 1 is 1.25 bits per heavy atom. The molecule has 1 aliphatic rings. The molecule has 0 aromatic heterocycles. The van der Waals surface area contributed by atoms with Gasteiger partial charge in [0.15, 0.2) is 0 Å². The van der Waals surface area contributed by atoms with Gasteiger partial charge in [-0.15, -0.1) is 0 Å². The molecule has 0 saturated carbocycles. The fraction of sp³-hybridized carbons (Fsp3) is 0.684. The fourth-order valence-electron chi connectivity index (χ4n) is 3.54. The second-order valence-corrected chi connectivity index (χ2v) is 6.47. The van der Waals surface area contributed by atoms with Crippen LogP contribution in [0.4, 0.5) is 0 Å². The largest absolute Gasteiger partial charge is 0.314 e. The molecular weight excluding hydrogens is 242 g/mol. The van der Waals surface area contributed by atoms with Gasteiger partial charge < -0.3 is 5.32 Å². The molecule has 0 amide bonds. The molecule has 2 rings (SSSR count). The predicted octanol–water partition coefficient (Wildman–Crippen LogP) is 4.91. The van der Waals surface area contributed by atoms with E-state index in [1.807, 2.05) is 0 Å². The van der Waals surface area contributed by atoms with Crippen LogP contribution in [0.3, 0.4) is 0 Å². The predicted molar refractivity (Wildman–Crippen MR) is 88.3 cm³/mol. The van der Waals surface area contributed by atoms with E-state index in [9.17, 15) is 0 Å². The van der Waals surface area contributed by atoms with Crippen molar-refractivity contribution in [3.63, 3.8) is 0 Å². The molecule has 1 aliphatic carbocycles. The zero-order chi connectivity index (χ0) is 14.4. The first-order valence-corrected chi connectivity index (χ1v) is 8.57. The van der Waals surface area contributed by atoms with Gasteiger partial charge in [-0.05, 0) is 61.6 Å². The van der Waals surface area contributed by atoms with E-state index in [0.717, 1.165) is 18.4 Å². The van der Waals surface area contributed by atoms with Gasteiger partial charge in [0.05, 0.1) is 0 Å². The highest BCUT2D eigenvalue weighted by Gasteiger charge is 2.25. The SMILES string of the molecule is CCCNC(CC1CCCc2ccccc21)C(C)CC. The summed E-state index contributed by atoms with van der Waals surface area (Å²) in [5.74, 6) is 1.54. The molecule has 0 radical (unpaired) electrons. The summed E-state index contributed by atoms with van der Waals surface area (Å²) in [6.45, 7) is 8.14. The van der Waals surface area contributed by atoms with E-state index in [-0.39, 0.29) is 0 Å². The van der Waals surface area contributed by atoms with Gasteiger partial charge in [-0.25, -0.2) is 0 Å². The van der Waals surface area contributed by atoms with Crippen molar-refractivity contribution in [3.8, 4) is 0 Å². The van der Waals surface area contributed by atoms with Crippen LogP contribution in [0.25, 0.3) is 0 Å². The summed E-state index contributed by atoms with van der Waals surface area (Å²) in [6, 6.07) is 9.79. The molecule has 1 N–H and O–H groups in total. The first kappa shape index (κ1) is 15.6. The van der Waals surface area contributed by atoms with Gasteiger partial charge in [0.2, 0.25) is 0 Å². The maximum atomic E-state index is 3.80. The number of hydrogen-bond acceptors (Lipinski definition) is 1. The van der Waals surface area contributed by atoms with Crippen molar-refractivity contribution in [3.05, 3.63) is 35.4 Å². The minimum atomic E-state index is 0.677. The quantitative estimate of drug-likeness (QED) is 0.744. The fourth-order valence-corrected chi connectivity index (χ4v) is 3.54. The zero-order valence-corrected chi connectivity index (χ0v) is 13.5. The summed E-state index contributed by atoms with van der Waals surface area (Å²) in [7, 11) is 0. The van der Waals surface area contributed by atoms with Gasteiger partial charge in [0.1, 0.15) is 0 Å². The molecule has 20 heavy (non-hydrogen) atoms. The molecule has 0 saturated heterocycles. The normalized spacial score (nSPS) is 21.2. The Kier molecular flexibility index (Phi) is 6.09. The van der Waals surface area contributed by atoms with Gasteiger partial charge in [-0.3, -0.25) is 0 Å². The Labute approximate surface area is 125 Å². The van der Waals surface area contributed by atoms with E-state index in [2.05, 4.69) is 50.4 Å². The molecule has 3 unspecified atom stereocenters. The Hall–Kier alpha value is -0.820. The van der Waals surface area contributed by atoms with Crippen LogP contribution in [0.2, 0.25) is 0 Å². The van der Waals surface area contributed by atoms with Crippen LogP contribution in [0, 0.1) is 5.92 Å². The standard InChI is InChI=1S/C19H31N/c1-4-13-20-19(15(3)5-2)14-17-11-8-10-16-9-6-7-12-18(16)17/h6-7,9,12,15,17,19-20H,4-5,8,10-11,13-14H2,1-3H3. The Bertz CT molecular complexity index is 399. The van der Waals surface area contributed by atoms with Crippen LogP contribution < -0.4 is 5.32 Å². The van der Waals surface area contributed by atoms with Crippen LogP contribution in [0.15, 0.2) is 24.3 Å². The molecule has 0 fully saturated rings. The first-order valence-electron chi connectivity index (χ1n) is 8.57. The Morgan fingerprint density at radius 3 is 2.80 bits per heavy atom. The van der Waals surface area contributed by atoms with Crippen molar-refractivity contribution in [2.45, 2.75) is 71.3 Å². The van der Waals surface area contributed by atoms with Crippen LogP contribution in [0.5, 0.6) is 0 Å². The third-order valence-electron chi connectivity index (χ3n) is 5.02. The van der Waals surface area contributed by atoms with Crippen molar-refractivity contribution in [1.82, 2.24) is 5.32 Å². The summed E-state index contributed by atoms with van der Waals surface area (Å²) in [6.07, 6.45) is 7.83. The maximum Gasteiger partial charge on any atom is 0.00984 e. The minimum absolute atomic E-state index is 0.677. The average Bonchev–Trinajstić information content (AvgIpc) is 2.50. The zero-order valence-electron chi connectivity index (χ0n) is 13.5. The summed E-state index contributed by atoms with van der Waals surface area (Å²) in [5.41, 5.74) is 3.23. The number of hydrogen-bond donors (Lipinski definition) is 1. The Balaban J connectivity index is 2.07. The van der Waals surface area contributed by atoms with Crippen LogP contribution in [0.1, 0.15) is 69.9 Å². The molecule has 0 spiro atoms. The molecule has 0 bridgehead atoms. The molecule has 0 heterocycles. The lowest BCUT2D eigenvalue weighted by Gasteiger charge is -2.32. The van der Waals surface area contributed by atoms with Crippen molar-refractivity contribution in [2.24, 2.45) is 5.92 Å². The second-order valence-electron chi connectivity index (χ2n) is 6.47. The second kappa shape index (κ2) is 7.83. The highest BCUT2D eigenvalue weighted by Crippen LogP contribution is 2.35. The number of fused-ring (bicyclic) bond motifs is 1. The van der Waals surface area contributed by atoms with Gasteiger partial charge in [0.25, 0.3) is 0 Å². The third kappa shape index (κ3) is 3.85. The smallest absolute Gasteiger partial charge is 0.00984 e. The maximum absolute atomic E-state index is 3.80. The van der Waals surface area contributed by atoms with Gasteiger partial charge >= 0.3 is 0 Å². The van der Waals surface area contributed by atoms with Gasteiger partial charge in [0, 0.05) is 6.04 Å². The minimum Gasteiger partial charge on any atom is -0.314 e. The number of rotatable bonds is 7. The van der Waals surface area contributed by atoms with E-state index in [0.29, 0.717) is 6.04 Å². The molecule has 1 nitrogen and oxygen atoms in total. The van der Waals surface area contributed by atoms with Crippen molar-refractivity contribution < 1.29 is 0 Å². The monoisotopic (exact) mass is 273 g/mol. The lowest BCUT2D eigenvalue weighted by Crippen LogP contribution is -2.37. The molecular formula is C19H31N. The first-order chi connectivity index (χ1) is 9.76. The lowest BCUT2D eigenvalue weighted by molar-refractivity contribution is 0.317. The number of benzene rings is 1. The molecule has 1 heteroatoms. The van der Waals surface area contributed by atoms with E-state index in [1.54, 1.807) is 11.1 Å². The van der Waals surface area contributed by atoms with Crippen LogP contribution in [-0.2, 0) is 6.42 Å². The summed E-state index contributed by atoms with van der Waals surface area (Å²) in [4.78, 5) is 0. The van der Waals surface area contributed by atoms with E-state index >= 15 is 0 Å². The van der Waals surface area contributed by atoms with Crippen LogP contribution >= 0.6 is 0 Å². The van der Waals surface area contributed by atoms with Crippen molar-refractivity contribution in [1.29, 1.82) is 0 Å². The lowest BCUT2D eigenvalue weighted by atomic mass is 9.77. The van der Waals surface area contributed by atoms with E-state index < -0.39 is 0 Å². The third-order valence-corrected chi connectivity index (χ3v) is 5.02. The molecule has 112 valence electrons. The van der Waals surface area contributed by atoms with Crippen molar-refractivity contribution >= 4 is 0 Å². The highest BCUT2D eigenvalue weighted by molar-refractivity contribution is 5.32. The Morgan fingerprint density at radius 2 is 2.05 bits per heavy atom. The molecule has 0 aliphatic heterocycles. The number of nitrogens with one attached hydrogen (secondary N) is 1. The van der Waals surface area contributed by atoms with E-state index in [4.69, 9.17) is 0 Å². The summed E-state index contributed by atoms with van der Waals surface area (Å²) in [5, 5.41) is 3.80. The van der Waals surface area contributed by atoms with Crippen molar-refractivity contribution in [2.75, 3.05) is 6.54 Å². The van der Waals surface area contributed by atoms with Crippen LogP contribution in [-0.4, -0.2) is 12.6 Å². The average molecular weight is 273 g/mol. The molecule has 3 atom stereocenters. The molecule has 1 aromatic rings. The number of aryl methyl sites for hydroxylation is 1. The van der Waals surface area contributed by atoms with E-state index in [1.165, 1.54) is 38.5 Å². The summed E-state index contributed by atoms with van der Waals surface area (Å²) >= 11 is 0. The highest BCUT2D eigenvalue weighted by atomic mass is 14.9. The topological polar surface area (TPSA) is 12.0 Å². The summed E-state index contributed by atoms with van der Waals surface area (Å²) < 4.78 is 0. The van der Waals surface area contributed by atoms with Gasteiger partial charge in [-0.1, -0.05) is 51.5 Å². The molecule has 1 aromatic carbocycles.